The van der Waals surface area contributed by atoms with Gasteiger partial charge in [0.1, 0.15) is 6.61 Å². The van der Waals surface area contributed by atoms with Crippen LogP contribution in [0.15, 0.2) is 54.6 Å². The highest BCUT2D eigenvalue weighted by atomic mass is 35.5. The molecular formula is C21H27ClN2O3. The Morgan fingerprint density at radius 1 is 0.889 bits per heavy atom. The molecule has 0 bridgehead atoms. The van der Waals surface area contributed by atoms with Crippen LogP contribution in [-0.2, 0) is 22.7 Å². The fourth-order valence-electron chi connectivity index (χ4n) is 2.48. The van der Waals surface area contributed by atoms with Gasteiger partial charge in [0.05, 0.1) is 0 Å². The van der Waals surface area contributed by atoms with Gasteiger partial charge in [0.15, 0.2) is 0 Å². The number of carbonyl (C=O) groups excluding carboxylic acids is 2. The topological polar surface area (TPSA) is 81.4 Å². The van der Waals surface area contributed by atoms with Crippen LogP contribution in [0.4, 0.5) is 0 Å². The number of hydrogen-bond donors (Lipinski definition) is 2. The highest BCUT2D eigenvalue weighted by Gasteiger charge is 2.05. The molecule has 0 aliphatic heterocycles. The number of nitrogens with one attached hydrogen (secondary N) is 1. The van der Waals surface area contributed by atoms with Gasteiger partial charge in [0.25, 0.3) is 5.91 Å². The summed E-state index contributed by atoms with van der Waals surface area (Å²) < 4.78 is 5.23. The number of esters is 1. The van der Waals surface area contributed by atoms with E-state index in [4.69, 9.17) is 10.5 Å². The predicted molar refractivity (Wildman–Crippen MR) is 109 cm³/mol. The lowest BCUT2D eigenvalue weighted by Gasteiger charge is -2.07. The van der Waals surface area contributed by atoms with Crippen molar-refractivity contribution in [2.24, 2.45) is 5.73 Å². The molecule has 2 aromatic rings. The lowest BCUT2D eigenvalue weighted by atomic mass is 10.1. The van der Waals surface area contributed by atoms with E-state index in [0.717, 1.165) is 30.4 Å². The summed E-state index contributed by atoms with van der Waals surface area (Å²) in [5, 5.41) is 2.88. The minimum Gasteiger partial charge on any atom is -0.461 e. The predicted octanol–water partition coefficient (Wildman–Crippen LogP) is 3.60. The fraction of sp³-hybridized carbons (Fsp3) is 0.333. The van der Waals surface area contributed by atoms with Gasteiger partial charge in [0.2, 0.25) is 0 Å². The zero-order chi connectivity index (χ0) is 18.6. The second-order valence-electron chi connectivity index (χ2n) is 6.11. The second kappa shape index (κ2) is 12.9. The maximum atomic E-state index is 12.0. The molecule has 2 rings (SSSR count). The van der Waals surface area contributed by atoms with Crippen molar-refractivity contribution < 1.29 is 14.3 Å². The minimum absolute atomic E-state index is 0. The van der Waals surface area contributed by atoms with E-state index < -0.39 is 0 Å². The number of nitrogens with two attached hydrogens (primary N) is 1. The normalized spacial score (nSPS) is 9.96. The number of hydrogen-bond acceptors (Lipinski definition) is 4. The van der Waals surface area contributed by atoms with Gasteiger partial charge in [-0.15, -0.1) is 12.4 Å². The molecule has 0 aliphatic rings. The van der Waals surface area contributed by atoms with Gasteiger partial charge in [-0.2, -0.15) is 0 Å². The fourth-order valence-corrected chi connectivity index (χ4v) is 2.48. The Hall–Kier alpha value is -2.37. The van der Waals surface area contributed by atoms with E-state index in [-0.39, 0.29) is 24.3 Å². The number of unbranched alkanes of at least 4 members (excludes halogenated alkanes) is 2. The molecule has 0 fully saturated rings. The van der Waals surface area contributed by atoms with Gasteiger partial charge in [-0.1, -0.05) is 48.9 Å². The lowest BCUT2D eigenvalue weighted by molar-refractivity contribution is -0.145. The van der Waals surface area contributed by atoms with Crippen LogP contribution in [0.1, 0.15) is 47.2 Å². The molecule has 5 nitrogen and oxygen atoms in total. The number of amides is 1. The highest BCUT2D eigenvalue weighted by molar-refractivity contribution is 5.94. The van der Waals surface area contributed by atoms with Crippen molar-refractivity contribution in [2.75, 3.05) is 6.54 Å². The molecule has 0 spiro atoms. The zero-order valence-electron chi connectivity index (χ0n) is 15.4. The van der Waals surface area contributed by atoms with Crippen molar-refractivity contribution in [3.63, 3.8) is 0 Å². The van der Waals surface area contributed by atoms with Crippen molar-refractivity contribution in [1.82, 2.24) is 5.32 Å². The molecule has 0 radical (unpaired) electrons. The summed E-state index contributed by atoms with van der Waals surface area (Å²) in [5.74, 6) is -0.270. The molecule has 0 atom stereocenters. The second-order valence-corrected chi connectivity index (χ2v) is 6.11. The first kappa shape index (κ1) is 22.7. The molecule has 0 saturated heterocycles. The van der Waals surface area contributed by atoms with Gasteiger partial charge in [-0.25, -0.2) is 0 Å². The number of carbonyl (C=O) groups is 2. The Morgan fingerprint density at radius 2 is 1.59 bits per heavy atom. The molecule has 27 heavy (non-hydrogen) atoms. The van der Waals surface area contributed by atoms with Crippen molar-refractivity contribution in [3.05, 3.63) is 71.3 Å². The van der Waals surface area contributed by atoms with E-state index in [1.807, 2.05) is 42.5 Å². The SMILES string of the molecule is Cl.NCc1ccc(C(=O)NCCCCCC(=O)OCc2ccccc2)cc1. The molecule has 0 saturated carbocycles. The molecule has 0 unspecified atom stereocenters. The van der Waals surface area contributed by atoms with Crippen molar-refractivity contribution in [1.29, 1.82) is 0 Å². The molecule has 0 heterocycles. The van der Waals surface area contributed by atoms with Gasteiger partial charge in [0, 0.05) is 25.1 Å². The first-order valence-corrected chi connectivity index (χ1v) is 8.96. The third kappa shape index (κ3) is 8.71. The van der Waals surface area contributed by atoms with Gasteiger partial charge < -0.3 is 15.8 Å². The van der Waals surface area contributed by atoms with Crippen LogP contribution in [0, 0.1) is 0 Å². The van der Waals surface area contributed by atoms with Gasteiger partial charge >= 0.3 is 5.97 Å². The molecule has 2 aromatic carbocycles. The van der Waals surface area contributed by atoms with Crippen LogP contribution in [0.3, 0.4) is 0 Å². The average Bonchev–Trinajstić information content (AvgIpc) is 2.69. The minimum atomic E-state index is -0.183. The standard InChI is InChI=1S/C21H26N2O3.ClH/c22-15-17-10-12-19(13-11-17)21(25)23-14-6-2-5-9-20(24)26-16-18-7-3-1-4-8-18;/h1,3-4,7-8,10-13H,2,5-6,9,14-16,22H2,(H,23,25);1H. The summed E-state index contributed by atoms with van der Waals surface area (Å²) in [5.41, 5.74) is 8.16. The van der Waals surface area contributed by atoms with E-state index in [1.165, 1.54) is 0 Å². The number of halogens is 1. The Morgan fingerprint density at radius 3 is 2.26 bits per heavy atom. The molecule has 0 aromatic heterocycles. The quantitative estimate of drug-likeness (QED) is 0.479. The van der Waals surface area contributed by atoms with Gasteiger partial charge in [-0.05, 0) is 36.1 Å². The van der Waals surface area contributed by atoms with E-state index in [9.17, 15) is 9.59 Å². The van der Waals surface area contributed by atoms with Crippen molar-refractivity contribution in [3.8, 4) is 0 Å². The molecule has 3 N–H and O–H groups in total. The molecule has 146 valence electrons. The summed E-state index contributed by atoms with van der Waals surface area (Å²) in [4.78, 5) is 23.7. The third-order valence-electron chi connectivity index (χ3n) is 4.04. The van der Waals surface area contributed by atoms with Crippen molar-refractivity contribution in [2.45, 2.75) is 38.8 Å². The Labute approximate surface area is 166 Å². The summed E-state index contributed by atoms with van der Waals surface area (Å²) in [7, 11) is 0. The number of benzene rings is 2. The summed E-state index contributed by atoms with van der Waals surface area (Å²) in [6, 6.07) is 16.9. The van der Waals surface area contributed by atoms with E-state index in [2.05, 4.69) is 5.32 Å². The molecular weight excluding hydrogens is 364 g/mol. The largest absolute Gasteiger partial charge is 0.461 e. The van der Waals surface area contributed by atoms with E-state index in [0.29, 0.717) is 31.7 Å². The third-order valence-corrected chi connectivity index (χ3v) is 4.04. The van der Waals surface area contributed by atoms with E-state index in [1.54, 1.807) is 12.1 Å². The van der Waals surface area contributed by atoms with Crippen LogP contribution < -0.4 is 11.1 Å². The lowest BCUT2D eigenvalue weighted by Crippen LogP contribution is -2.24. The van der Waals surface area contributed by atoms with Gasteiger partial charge in [-0.3, -0.25) is 9.59 Å². The summed E-state index contributed by atoms with van der Waals surface area (Å²) in [6.07, 6.45) is 2.86. The Kier molecular flexibility index (Phi) is 10.8. The van der Waals surface area contributed by atoms with Crippen LogP contribution in [0.2, 0.25) is 0 Å². The van der Waals surface area contributed by atoms with Crippen LogP contribution >= 0.6 is 12.4 Å². The number of rotatable bonds is 10. The Balaban J connectivity index is 0.00000364. The summed E-state index contributed by atoms with van der Waals surface area (Å²) >= 11 is 0. The monoisotopic (exact) mass is 390 g/mol. The Bertz CT molecular complexity index is 690. The van der Waals surface area contributed by atoms with Crippen LogP contribution in [0.25, 0.3) is 0 Å². The van der Waals surface area contributed by atoms with Crippen LogP contribution in [-0.4, -0.2) is 18.4 Å². The average molecular weight is 391 g/mol. The first-order chi connectivity index (χ1) is 12.7. The van der Waals surface area contributed by atoms with Crippen molar-refractivity contribution >= 4 is 24.3 Å². The van der Waals surface area contributed by atoms with Crippen LogP contribution in [0.5, 0.6) is 0 Å². The summed E-state index contributed by atoms with van der Waals surface area (Å²) in [6.45, 7) is 1.38. The molecule has 0 aliphatic carbocycles. The molecule has 1 amide bonds. The highest BCUT2D eigenvalue weighted by Crippen LogP contribution is 2.06. The zero-order valence-corrected chi connectivity index (χ0v) is 16.2. The number of ether oxygens (including phenoxy) is 1. The maximum absolute atomic E-state index is 12.0. The maximum Gasteiger partial charge on any atom is 0.306 e. The van der Waals surface area contributed by atoms with E-state index >= 15 is 0 Å². The smallest absolute Gasteiger partial charge is 0.306 e. The first-order valence-electron chi connectivity index (χ1n) is 8.96. The molecule has 6 heteroatoms.